The molecule has 2 rings (SSSR count). The average Bonchev–Trinajstić information content (AvgIpc) is 2.35. The van der Waals surface area contributed by atoms with Crippen LogP contribution in [0.5, 0.6) is 0 Å². The second-order valence-corrected chi connectivity index (χ2v) is 4.20. The number of aromatic nitrogens is 1. The van der Waals surface area contributed by atoms with Crippen molar-refractivity contribution in [2.24, 2.45) is 0 Å². The van der Waals surface area contributed by atoms with Crippen molar-refractivity contribution in [2.45, 2.75) is 0 Å². The topological polar surface area (TPSA) is 30.0 Å². The molecule has 2 aromatic rings. The van der Waals surface area contributed by atoms with Gasteiger partial charge in [-0.25, -0.2) is 8.78 Å². The number of halogens is 3. The number of aldehydes is 1. The Bertz CT molecular complexity index is 587. The van der Waals surface area contributed by atoms with Crippen molar-refractivity contribution in [1.29, 1.82) is 0 Å². The SMILES string of the molecule is O=Cc1cncc(-c2c(F)ccc(Br)c2F)c1. The van der Waals surface area contributed by atoms with Crippen molar-refractivity contribution in [1.82, 2.24) is 4.98 Å². The lowest BCUT2D eigenvalue weighted by molar-refractivity contribution is 0.112. The lowest BCUT2D eigenvalue weighted by atomic mass is 10.1. The lowest BCUT2D eigenvalue weighted by Gasteiger charge is -2.06. The van der Waals surface area contributed by atoms with E-state index in [1.807, 2.05) is 0 Å². The molecule has 0 amide bonds. The fourth-order valence-corrected chi connectivity index (χ4v) is 1.78. The highest BCUT2D eigenvalue weighted by molar-refractivity contribution is 9.10. The van der Waals surface area contributed by atoms with Gasteiger partial charge in [-0.3, -0.25) is 9.78 Å². The lowest BCUT2D eigenvalue weighted by Crippen LogP contribution is -1.93. The molecule has 0 atom stereocenters. The van der Waals surface area contributed by atoms with Crippen LogP contribution in [0.25, 0.3) is 11.1 Å². The number of pyridine rings is 1. The summed E-state index contributed by atoms with van der Waals surface area (Å²) in [7, 11) is 0. The van der Waals surface area contributed by atoms with E-state index in [2.05, 4.69) is 20.9 Å². The molecular weight excluding hydrogens is 292 g/mol. The van der Waals surface area contributed by atoms with Gasteiger partial charge in [0.05, 0.1) is 10.0 Å². The monoisotopic (exact) mass is 297 g/mol. The van der Waals surface area contributed by atoms with Crippen molar-refractivity contribution < 1.29 is 13.6 Å². The number of carbonyl (C=O) groups excluding carboxylic acids is 1. The minimum Gasteiger partial charge on any atom is -0.298 e. The quantitative estimate of drug-likeness (QED) is 0.626. The highest BCUT2D eigenvalue weighted by atomic mass is 79.9. The summed E-state index contributed by atoms with van der Waals surface area (Å²) in [6.07, 6.45) is 3.20. The van der Waals surface area contributed by atoms with Crippen molar-refractivity contribution >= 4 is 22.2 Å². The third-order valence-electron chi connectivity index (χ3n) is 2.23. The predicted octanol–water partition coefficient (Wildman–Crippen LogP) is 3.60. The van der Waals surface area contributed by atoms with E-state index in [4.69, 9.17) is 0 Å². The molecular formula is C12H6BrF2NO. The molecule has 0 unspecified atom stereocenters. The Hall–Kier alpha value is -1.62. The molecule has 1 heterocycles. The molecule has 0 bridgehead atoms. The normalized spacial score (nSPS) is 10.3. The fourth-order valence-electron chi connectivity index (χ4n) is 1.45. The van der Waals surface area contributed by atoms with E-state index in [-0.39, 0.29) is 21.2 Å². The third-order valence-corrected chi connectivity index (χ3v) is 2.84. The summed E-state index contributed by atoms with van der Waals surface area (Å²) in [5.41, 5.74) is 0.294. The molecule has 0 aliphatic heterocycles. The fraction of sp³-hybridized carbons (Fsp3) is 0. The van der Waals surface area contributed by atoms with E-state index in [0.717, 1.165) is 6.07 Å². The summed E-state index contributed by atoms with van der Waals surface area (Å²) in [6, 6.07) is 3.81. The minimum absolute atomic E-state index is 0.158. The maximum atomic E-state index is 13.8. The summed E-state index contributed by atoms with van der Waals surface area (Å²) < 4.78 is 27.5. The summed E-state index contributed by atoms with van der Waals surface area (Å²) in [5, 5.41) is 0. The van der Waals surface area contributed by atoms with E-state index in [0.29, 0.717) is 6.29 Å². The second kappa shape index (κ2) is 4.71. The Balaban J connectivity index is 2.67. The van der Waals surface area contributed by atoms with Crippen LogP contribution in [0.1, 0.15) is 10.4 Å². The summed E-state index contributed by atoms with van der Waals surface area (Å²) >= 11 is 2.98. The van der Waals surface area contributed by atoms with Gasteiger partial charge >= 0.3 is 0 Å². The largest absolute Gasteiger partial charge is 0.298 e. The zero-order valence-electron chi connectivity index (χ0n) is 8.45. The molecule has 5 heteroatoms. The Morgan fingerprint density at radius 1 is 1.24 bits per heavy atom. The Kier molecular flexibility index (Phi) is 3.28. The standard InChI is InChI=1S/C12H6BrF2NO/c13-9-1-2-10(14)11(12(9)15)8-3-7(6-17)4-16-5-8/h1-6H. The Morgan fingerprint density at radius 3 is 2.71 bits per heavy atom. The van der Waals surface area contributed by atoms with Gasteiger partial charge in [-0.05, 0) is 34.1 Å². The zero-order chi connectivity index (χ0) is 12.4. The van der Waals surface area contributed by atoms with Crippen LogP contribution in [0, 0.1) is 11.6 Å². The first-order chi connectivity index (χ1) is 8.13. The van der Waals surface area contributed by atoms with Crippen molar-refractivity contribution in [3.05, 3.63) is 52.3 Å². The van der Waals surface area contributed by atoms with E-state index in [9.17, 15) is 13.6 Å². The number of hydrogen-bond acceptors (Lipinski definition) is 2. The summed E-state index contributed by atoms with van der Waals surface area (Å²) in [4.78, 5) is 14.4. The maximum absolute atomic E-state index is 13.8. The van der Waals surface area contributed by atoms with Crippen molar-refractivity contribution in [3.8, 4) is 11.1 Å². The van der Waals surface area contributed by atoms with Gasteiger partial charge in [-0.1, -0.05) is 0 Å². The van der Waals surface area contributed by atoms with Crippen LogP contribution in [0.15, 0.2) is 35.1 Å². The number of nitrogens with zero attached hydrogens (tertiary/aromatic N) is 1. The number of hydrogen-bond donors (Lipinski definition) is 0. The average molecular weight is 298 g/mol. The molecule has 0 fully saturated rings. The number of benzene rings is 1. The van der Waals surface area contributed by atoms with Gasteiger partial charge in [0.15, 0.2) is 6.29 Å². The van der Waals surface area contributed by atoms with E-state index < -0.39 is 11.6 Å². The van der Waals surface area contributed by atoms with Crippen LogP contribution in [0.2, 0.25) is 0 Å². The molecule has 0 saturated heterocycles. The molecule has 86 valence electrons. The van der Waals surface area contributed by atoms with Crippen molar-refractivity contribution in [3.63, 3.8) is 0 Å². The van der Waals surface area contributed by atoms with Crippen LogP contribution >= 0.6 is 15.9 Å². The van der Waals surface area contributed by atoms with Gasteiger partial charge in [0.25, 0.3) is 0 Å². The van der Waals surface area contributed by atoms with Crippen LogP contribution in [0.3, 0.4) is 0 Å². The van der Waals surface area contributed by atoms with E-state index >= 15 is 0 Å². The summed E-state index contributed by atoms with van der Waals surface area (Å²) in [5.74, 6) is -1.41. The molecule has 1 aromatic heterocycles. The van der Waals surface area contributed by atoms with E-state index in [1.165, 1.54) is 24.5 Å². The van der Waals surface area contributed by atoms with Crippen LogP contribution < -0.4 is 0 Å². The smallest absolute Gasteiger partial charge is 0.151 e. The maximum Gasteiger partial charge on any atom is 0.151 e. The molecule has 0 saturated carbocycles. The highest BCUT2D eigenvalue weighted by Gasteiger charge is 2.14. The van der Waals surface area contributed by atoms with Crippen LogP contribution in [-0.2, 0) is 0 Å². The molecule has 0 aliphatic rings. The molecule has 0 radical (unpaired) electrons. The number of rotatable bonds is 2. The second-order valence-electron chi connectivity index (χ2n) is 3.34. The van der Waals surface area contributed by atoms with E-state index in [1.54, 1.807) is 0 Å². The first-order valence-corrected chi connectivity index (χ1v) is 5.47. The van der Waals surface area contributed by atoms with Gasteiger partial charge in [-0.15, -0.1) is 0 Å². The highest BCUT2D eigenvalue weighted by Crippen LogP contribution is 2.30. The molecule has 0 aliphatic carbocycles. The molecule has 0 spiro atoms. The van der Waals surface area contributed by atoms with Gasteiger partial charge in [0.1, 0.15) is 11.6 Å². The van der Waals surface area contributed by atoms with Crippen LogP contribution in [-0.4, -0.2) is 11.3 Å². The first-order valence-electron chi connectivity index (χ1n) is 4.67. The Labute approximate surface area is 104 Å². The van der Waals surface area contributed by atoms with Gasteiger partial charge in [0, 0.05) is 23.5 Å². The zero-order valence-corrected chi connectivity index (χ0v) is 10.0. The summed E-state index contributed by atoms with van der Waals surface area (Å²) in [6.45, 7) is 0. The molecule has 2 nitrogen and oxygen atoms in total. The van der Waals surface area contributed by atoms with Gasteiger partial charge in [0.2, 0.25) is 0 Å². The van der Waals surface area contributed by atoms with Crippen LogP contribution in [0.4, 0.5) is 8.78 Å². The molecule has 1 aromatic carbocycles. The number of carbonyl (C=O) groups is 1. The third kappa shape index (κ3) is 2.24. The Morgan fingerprint density at radius 2 is 2.00 bits per heavy atom. The van der Waals surface area contributed by atoms with Gasteiger partial charge in [-0.2, -0.15) is 0 Å². The minimum atomic E-state index is -0.713. The van der Waals surface area contributed by atoms with Gasteiger partial charge < -0.3 is 0 Å². The van der Waals surface area contributed by atoms with Crippen molar-refractivity contribution in [2.75, 3.05) is 0 Å². The predicted molar refractivity (Wildman–Crippen MR) is 62.7 cm³/mol. The molecule has 0 N–H and O–H groups in total. The first kappa shape index (κ1) is 11.9. The molecule has 17 heavy (non-hydrogen) atoms.